The second kappa shape index (κ2) is 21.8. The van der Waals surface area contributed by atoms with Crippen molar-refractivity contribution in [1.82, 2.24) is 0 Å². The number of aryl methyl sites for hydroxylation is 4. The fourth-order valence-corrected chi connectivity index (χ4v) is 8.23. The van der Waals surface area contributed by atoms with Crippen LogP contribution < -0.4 is 0 Å². The van der Waals surface area contributed by atoms with Crippen LogP contribution in [0.25, 0.3) is 21.5 Å². The van der Waals surface area contributed by atoms with Crippen molar-refractivity contribution < 1.29 is 25.9 Å². The zero-order valence-electron chi connectivity index (χ0n) is 30.1. The van der Waals surface area contributed by atoms with E-state index in [0.29, 0.717) is 34.7 Å². The van der Waals surface area contributed by atoms with Crippen molar-refractivity contribution in [2.75, 3.05) is 0 Å². The van der Waals surface area contributed by atoms with Crippen LogP contribution in [0.15, 0.2) is 70.5 Å². The van der Waals surface area contributed by atoms with Gasteiger partial charge in [-0.15, -0.1) is 0 Å². The van der Waals surface area contributed by atoms with E-state index >= 15 is 0 Å². The molecule has 0 fully saturated rings. The van der Waals surface area contributed by atoms with Gasteiger partial charge in [-0.2, -0.15) is 0 Å². The Kier molecular flexibility index (Phi) is 19.4. The SMILES string of the molecule is CCCCCc1ccc2ccc(CCCCC)c(S(=O)(=O)[O-])c2c1.CCCCCc1ccc2ccc(CCCCC)c(S(=O)(=O)[O-])c2c1.[Ca+2]. The molecule has 0 aliphatic rings. The maximum absolute atomic E-state index is 11.9. The third-order valence-electron chi connectivity index (χ3n) is 8.97. The van der Waals surface area contributed by atoms with Crippen LogP contribution in [0.1, 0.15) is 127 Å². The molecule has 0 radical (unpaired) electrons. The minimum absolute atomic E-state index is 0. The minimum atomic E-state index is -4.49. The molecule has 0 bridgehead atoms. The number of fused-ring (bicyclic) bond motifs is 2. The van der Waals surface area contributed by atoms with Crippen LogP contribution in [0.2, 0.25) is 0 Å². The third-order valence-corrected chi connectivity index (χ3v) is 10.9. The van der Waals surface area contributed by atoms with Crippen LogP contribution >= 0.6 is 0 Å². The van der Waals surface area contributed by atoms with Crippen molar-refractivity contribution >= 4 is 79.5 Å². The molecule has 264 valence electrons. The summed E-state index contributed by atoms with van der Waals surface area (Å²) in [5.41, 5.74) is 3.53. The normalized spacial score (nSPS) is 11.7. The maximum Gasteiger partial charge on any atom is 2.00 e. The molecule has 9 heteroatoms. The summed E-state index contributed by atoms with van der Waals surface area (Å²) in [4.78, 5) is -0.0121. The maximum atomic E-state index is 11.9. The van der Waals surface area contributed by atoms with Gasteiger partial charge in [-0.1, -0.05) is 128 Å². The zero-order chi connectivity index (χ0) is 35.2. The first-order valence-corrected chi connectivity index (χ1v) is 20.8. The summed E-state index contributed by atoms with van der Waals surface area (Å²) in [7, 11) is -8.98. The first kappa shape index (κ1) is 43.6. The Hall–Kier alpha value is -1.52. The Balaban J connectivity index is 0.000000333. The summed E-state index contributed by atoms with van der Waals surface area (Å²) in [5.74, 6) is 0. The number of rotatable bonds is 18. The number of benzene rings is 4. The van der Waals surface area contributed by atoms with Gasteiger partial charge in [-0.3, -0.25) is 0 Å². The van der Waals surface area contributed by atoms with Gasteiger partial charge in [0.25, 0.3) is 0 Å². The quantitative estimate of drug-likeness (QED) is 0.0571. The van der Waals surface area contributed by atoms with E-state index in [1.165, 1.54) is 0 Å². The molecule has 6 nitrogen and oxygen atoms in total. The van der Waals surface area contributed by atoms with E-state index < -0.39 is 20.2 Å². The first-order chi connectivity index (χ1) is 22.9. The molecular formula is C40H54CaO6S2. The van der Waals surface area contributed by atoms with Gasteiger partial charge >= 0.3 is 37.7 Å². The monoisotopic (exact) mass is 734 g/mol. The van der Waals surface area contributed by atoms with E-state index in [4.69, 9.17) is 0 Å². The summed E-state index contributed by atoms with van der Waals surface area (Å²) in [6.45, 7) is 8.53. The molecule has 0 spiro atoms. The van der Waals surface area contributed by atoms with Crippen molar-refractivity contribution in [3.05, 3.63) is 82.9 Å². The molecule has 0 N–H and O–H groups in total. The summed E-state index contributed by atoms with van der Waals surface area (Å²) >= 11 is 0. The van der Waals surface area contributed by atoms with E-state index in [1.54, 1.807) is 12.1 Å². The Labute approximate surface area is 326 Å². The van der Waals surface area contributed by atoms with Crippen LogP contribution in [-0.4, -0.2) is 63.7 Å². The molecule has 4 aromatic carbocycles. The van der Waals surface area contributed by atoms with Crippen LogP contribution in [-0.2, 0) is 45.9 Å². The smallest absolute Gasteiger partial charge is 0.744 e. The van der Waals surface area contributed by atoms with Gasteiger partial charge in [0.1, 0.15) is 20.2 Å². The molecule has 0 amide bonds. The molecular weight excluding hydrogens is 681 g/mol. The van der Waals surface area contributed by atoms with Gasteiger partial charge in [-0.25, -0.2) is 16.8 Å². The van der Waals surface area contributed by atoms with E-state index in [-0.39, 0.29) is 47.5 Å². The van der Waals surface area contributed by atoms with Crippen LogP contribution in [0, 0.1) is 0 Å². The van der Waals surface area contributed by atoms with Gasteiger partial charge in [0, 0.05) is 0 Å². The summed E-state index contributed by atoms with van der Waals surface area (Å²) < 4.78 is 71.5. The molecule has 0 aromatic heterocycles. The topological polar surface area (TPSA) is 114 Å². The van der Waals surface area contributed by atoms with Gasteiger partial charge in [0.2, 0.25) is 0 Å². The van der Waals surface area contributed by atoms with Crippen molar-refractivity contribution in [2.24, 2.45) is 0 Å². The Morgan fingerprint density at radius 3 is 1.06 bits per heavy atom. The Bertz CT molecular complexity index is 1690. The molecule has 0 saturated carbocycles. The van der Waals surface area contributed by atoms with Gasteiger partial charge < -0.3 is 9.11 Å². The van der Waals surface area contributed by atoms with Gasteiger partial charge in [0.15, 0.2) is 0 Å². The van der Waals surface area contributed by atoms with Crippen molar-refractivity contribution in [3.8, 4) is 0 Å². The summed E-state index contributed by atoms with van der Waals surface area (Å²) in [6.07, 6.45) is 15.9. The average Bonchev–Trinajstić information content (AvgIpc) is 3.04. The second-order valence-corrected chi connectivity index (χ2v) is 15.6. The standard InChI is InChI=1S/2C20H28O3S.Ca/c2*1-3-5-7-9-16-11-12-17-13-14-18(10-8-6-4-2)20(19(17)15-16)24(21,22)23;/h2*11-15H,3-10H2,1-2H3,(H,21,22,23);/q;;+2/p-2. The van der Waals surface area contributed by atoms with E-state index in [0.717, 1.165) is 112 Å². The molecule has 4 rings (SSSR count). The van der Waals surface area contributed by atoms with Crippen LogP contribution in [0.5, 0.6) is 0 Å². The first-order valence-electron chi connectivity index (χ1n) is 17.9. The molecule has 0 aliphatic carbocycles. The van der Waals surface area contributed by atoms with Crippen LogP contribution in [0.3, 0.4) is 0 Å². The summed E-state index contributed by atoms with van der Waals surface area (Å²) in [6, 6.07) is 19.2. The van der Waals surface area contributed by atoms with Crippen molar-refractivity contribution in [2.45, 2.75) is 140 Å². The van der Waals surface area contributed by atoms with Gasteiger partial charge in [-0.05, 0) is 107 Å². The second-order valence-electron chi connectivity index (χ2n) is 13.0. The molecule has 0 aliphatic heterocycles. The molecule has 0 unspecified atom stereocenters. The third kappa shape index (κ3) is 13.5. The van der Waals surface area contributed by atoms with E-state index in [2.05, 4.69) is 27.7 Å². The number of hydrogen-bond donors (Lipinski definition) is 0. The van der Waals surface area contributed by atoms with Crippen molar-refractivity contribution in [1.29, 1.82) is 0 Å². The molecule has 4 aromatic rings. The Morgan fingerprint density at radius 1 is 0.449 bits per heavy atom. The fraction of sp³-hybridized carbons (Fsp3) is 0.500. The zero-order valence-corrected chi connectivity index (χ0v) is 33.9. The predicted octanol–water partition coefficient (Wildman–Crippen LogP) is 10.0. The van der Waals surface area contributed by atoms with Crippen molar-refractivity contribution in [3.63, 3.8) is 0 Å². The Morgan fingerprint density at radius 2 is 0.755 bits per heavy atom. The summed E-state index contributed by atoms with van der Waals surface area (Å²) in [5, 5.41) is 2.83. The molecule has 0 atom stereocenters. The fourth-order valence-electron chi connectivity index (χ4n) is 6.35. The largest absolute Gasteiger partial charge is 2.00 e. The van der Waals surface area contributed by atoms with E-state index in [1.807, 2.05) is 48.5 Å². The van der Waals surface area contributed by atoms with Gasteiger partial charge in [0.05, 0.1) is 9.79 Å². The van der Waals surface area contributed by atoms with E-state index in [9.17, 15) is 25.9 Å². The average molecular weight is 735 g/mol. The van der Waals surface area contributed by atoms with Crippen LogP contribution in [0.4, 0.5) is 0 Å². The predicted molar refractivity (Wildman–Crippen MR) is 202 cm³/mol. The number of hydrogen-bond acceptors (Lipinski definition) is 6. The molecule has 0 heterocycles. The minimum Gasteiger partial charge on any atom is -0.744 e. The number of unbranched alkanes of at least 4 members (excludes halogenated alkanes) is 8. The molecule has 49 heavy (non-hydrogen) atoms. The molecule has 0 saturated heterocycles.